The van der Waals surface area contributed by atoms with E-state index < -0.39 is 5.97 Å². The molecule has 3 rings (SSSR count). The van der Waals surface area contributed by atoms with E-state index in [4.69, 9.17) is 10.5 Å². The Kier molecular flexibility index (Phi) is 3.56. The van der Waals surface area contributed by atoms with Crippen LogP contribution in [-0.4, -0.2) is 5.97 Å². The highest BCUT2D eigenvalue weighted by atomic mass is 16.5. The highest BCUT2D eigenvalue weighted by Gasteiger charge is 2.12. The molecule has 0 aromatic heterocycles. The number of rotatable bonds is 3. The van der Waals surface area contributed by atoms with E-state index >= 15 is 0 Å². The lowest BCUT2D eigenvalue weighted by atomic mass is 10.1. The van der Waals surface area contributed by atoms with Gasteiger partial charge in [0.1, 0.15) is 6.61 Å². The zero-order valence-electron chi connectivity index (χ0n) is 11.5. The summed E-state index contributed by atoms with van der Waals surface area (Å²) < 4.78 is 5.32. The van der Waals surface area contributed by atoms with Crippen LogP contribution in [0, 0.1) is 0 Å². The first kappa shape index (κ1) is 13.2. The van der Waals surface area contributed by atoms with Gasteiger partial charge in [-0.05, 0) is 28.5 Å². The molecule has 2 N–H and O–H groups in total. The summed E-state index contributed by atoms with van der Waals surface area (Å²) in [4.78, 5) is 12.2. The third kappa shape index (κ3) is 2.87. The standard InChI is InChI=1S/C18H15NO2/c19-17-11-15-9-5-4-8-14(15)10-16(17)18(20)21-12-13-6-2-1-3-7-13/h1-11H,12,19H2. The Balaban J connectivity index is 1.82. The molecule has 0 aliphatic carbocycles. The van der Waals surface area contributed by atoms with E-state index in [1.807, 2.05) is 54.6 Å². The van der Waals surface area contributed by atoms with Gasteiger partial charge in [-0.3, -0.25) is 0 Å². The topological polar surface area (TPSA) is 52.3 Å². The maximum atomic E-state index is 12.2. The van der Waals surface area contributed by atoms with Crippen molar-refractivity contribution in [3.63, 3.8) is 0 Å². The maximum Gasteiger partial charge on any atom is 0.340 e. The minimum atomic E-state index is -0.401. The molecule has 0 spiro atoms. The van der Waals surface area contributed by atoms with Crippen LogP contribution in [-0.2, 0) is 11.3 Å². The van der Waals surface area contributed by atoms with Gasteiger partial charge in [-0.15, -0.1) is 0 Å². The number of hydrogen-bond donors (Lipinski definition) is 1. The summed E-state index contributed by atoms with van der Waals surface area (Å²) in [6.07, 6.45) is 0. The summed E-state index contributed by atoms with van der Waals surface area (Å²) in [5, 5.41) is 1.98. The van der Waals surface area contributed by atoms with Gasteiger partial charge in [0, 0.05) is 5.69 Å². The molecule has 0 amide bonds. The predicted molar refractivity (Wildman–Crippen MR) is 83.9 cm³/mol. The molecular weight excluding hydrogens is 262 g/mol. The summed E-state index contributed by atoms with van der Waals surface area (Å²) in [5.74, 6) is -0.401. The van der Waals surface area contributed by atoms with Gasteiger partial charge >= 0.3 is 5.97 Å². The highest BCUT2D eigenvalue weighted by Crippen LogP contribution is 2.22. The van der Waals surface area contributed by atoms with Crippen LogP contribution in [0.5, 0.6) is 0 Å². The average Bonchev–Trinajstić information content (AvgIpc) is 2.53. The second-order valence-corrected chi connectivity index (χ2v) is 4.85. The Labute approximate surface area is 123 Å². The zero-order chi connectivity index (χ0) is 14.7. The van der Waals surface area contributed by atoms with E-state index in [0.29, 0.717) is 11.3 Å². The molecule has 3 aromatic rings. The predicted octanol–water partition coefficient (Wildman–Crippen LogP) is 3.78. The van der Waals surface area contributed by atoms with Crippen molar-refractivity contribution in [1.29, 1.82) is 0 Å². The number of esters is 1. The van der Waals surface area contributed by atoms with Crippen molar-refractivity contribution < 1.29 is 9.53 Å². The molecule has 0 saturated heterocycles. The summed E-state index contributed by atoms with van der Waals surface area (Å²) in [6, 6.07) is 20.9. The zero-order valence-corrected chi connectivity index (χ0v) is 11.5. The molecule has 0 atom stereocenters. The fourth-order valence-corrected chi connectivity index (χ4v) is 2.24. The second kappa shape index (κ2) is 5.67. The number of nitrogens with two attached hydrogens (primary N) is 1. The fourth-order valence-electron chi connectivity index (χ4n) is 2.24. The lowest BCUT2D eigenvalue weighted by Crippen LogP contribution is -2.08. The quantitative estimate of drug-likeness (QED) is 0.585. The van der Waals surface area contributed by atoms with Gasteiger partial charge in [-0.1, -0.05) is 54.6 Å². The number of benzene rings is 3. The van der Waals surface area contributed by atoms with Gasteiger partial charge in [0.25, 0.3) is 0 Å². The van der Waals surface area contributed by atoms with Gasteiger partial charge in [-0.2, -0.15) is 0 Å². The molecule has 3 heteroatoms. The maximum absolute atomic E-state index is 12.2. The van der Waals surface area contributed by atoms with Crippen molar-refractivity contribution in [2.45, 2.75) is 6.61 Å². The van der Waals surface area contributed by atoms with Crippen LogP contribution >= 0.6 is 0 Å². The first-order chi connectivity index (χ1) is 10.2. The molecular formula is C18H15NO2. The second-order valence-electron chi connectivity index (χ2n) is 4.85. The molecule has 0 bridgehead atoms. The Morgan fingerprint density at radius 3 is 2.24 bits per heavy atom. The lowest BCUT2D eigenvalue weighted by Gasteiger charge is -2.08. The van der Waals surface area contributed by atoms with Crippen LogP contribution in [0.1, 0.15) is 15.9 Å². The van der Waals surface area contributed by atoms with E-state index in [1.165, 1.54) is 0 Å². The molecule has 0 saturated carbocycles. The minimum absolute atomic E-state index is 0.242. The van der Waals surface area contributed by atoms with Crippen molar-refractivity contribution in [1.82, 2.24) is 0 Å². The molecule has 0 fully saturated rings. The van der Waals surface area contributed by atoms with Crippen molar-refractivity contribution in [2.75, 3.05) is 5.73 Å². The lowest BCUT2D eigenvalue weighted by molar-refractivity contribution is 0.0474. The van der Waals surface area contributed by atoms with Crippen LogP contribution in [0.2, 0.25) is 0 Å². The smallest absolute Gasteiger partial charge is 0.340 e. The van der Waals surface area contributed by atoms with Crippen LogP contribution in [0.3, 0.4) is 0 Å². The Bertz CT molecular complexity index is 782. The van der Waals surface area contributed by atoms with Crippen LogP contribution in [0.15, 0.2) is 66.7 Å². The summed E-state index contributed by atoms with van der Waals surface area (Å²) >= 11 is 0. The van der Waals surface area contributed by atoms with E-state index in [2.05, 4.69) is 0 Å². The van der Waals surface area contributed by atoms with Crippen molar-refractivity contribution in [3.8, 4) is 0 Å². The van der Waals surface area contributed by atoms with Crippen LogP contribution in [0.4, 0.5) is 5.69 Å². The van der Waals surface area contributed by atoms with Crippen molar-refractivity contribution in [2.24, 2.45) is 0 Å². The molecule has 3 aromatic carbocycles. The first-order valence-electron chi connectivity index (χ1n) is 6.73. The van der Waals surface area contributed by atoms with Crippen molar-refractivity contribution in [3.05, 3.63) is 77.9 Å². The Hall–Kier alpha value is -2.81. The molecule has 0 heterocycles. The summed E-state index contributed by atoms with van der Waals surface area (Å²) in [5.41, 5.74) is 7.75. The number of carbonyl (C=O) groups excluding carboxylic acids is 1. The molecule has 21 heavy (non-hydrogen) atoms. The third-order valence-electron chi connectivity index (χ3n) is 3.35. The van der Waals surface area contributed by atoms with Gasteiger partial charge in [-0.25, -0.2) is 4.79 Å². The van der Waals surface area contributed by atoms with E-state index in [0.717, 1.165) is 16.3 Å². The number of carbonyl (C=O) groups is 1. The van der Waals surface area contributed by atoms with Crippen molar-refractivity contribution >= 4 is 22.4 Å². The molecule has 0 unspecified atom stereocenters. The Morgan fingerprint density at radius 1 is 0.905 bits per heavy atom. The van der Waals surface area contributed by atoms with Gasteiger partial charge in [0.05, 0.1) is 5.56 Å². The Morgan fingerprint density at radius 2 is 1.52 bits per heavy atom. The summed E-state index contributed by atoms with van der Waals surface area (Å²) in [6.45, 7) is 0.242. The first-order valence-corrected chi connectivity index (χ1v) is 6.73. The molecule has 3 nitrogen and oxygen atoms in total. The van der Waals surface area contributed by atoms with Crippen LogP contribution < -0.4 is 5.73 Å². The molecule has 104 valence electrons. The number of nitrogen functional groups attached to an aromatic ring is 1. The number of fused-ring (bicyclic) bond motifs is 1. The monoisotopic (exact) mass is 277 g/mol. The summed E-state index contributed by atoms with van der Waals surface area (Å²) in [7, 11) is 0. The number of ether oxygens (including phenoxy) is 1. The van der Waals surface area contributed by atoms with Gasteiger partial charge < -0.3 is 10.5 Å². The van der Waals surface area contributed by atoms with Gasteiger partial charge in [0.2, 0.25) is 0 Å². The minimum Gasteiger partial charge on any atom is -0.457 e. The fraction of sp³-hybridized carbons (Fsp3) is 0.0556. The number of hydrogen-bond acceptors (Lipinski definition) is 3. The van der Waals surface area contributed by atoms with Crippen LogP contribution in [0.25, 0.3) is 10.8 Å². The largest absolute Gasteiger partial charge is 0.457 e. The van der Waals surface area contributed by atoms with E-state index in [9.17, 15) is 4.79 Å². The molecule has 0 aliphatic rings. The molecule has 0 aliphatic heterocycles. The van der Waals surface area contributed by atoms with E-state index in [1.54, 1.807) is 12.1 Å². The average molecular weight is 277 g/mol. The SMILES string of the molecule is Nc1cc2ccccc2cc1C(=O)OCc1ccccc1. The van der Waals surface area contributed by atoms with Gasteiger partial charge in [0.15, 0.2) is 0 Å². The molecule has 0 radical (unpaired) electrons. The third-order valence-corrected chi connectivity index (χ3v) is 3.35. The normalized spacial score (nSPS) is 10.5. The van der Waals surface area contributed by atoms with E-state index in [-0.39, 0.29) is 6.61 Å². The number of anilines is 1. The highest BCUT2D eigenvalue weighted by molar-refractivity contribution is 6.01.